The molecule has 0 aromatic heterocycles. The van der Waals surface area contributed by atoms with Crippen LogP contribution < -0.4 is 5.32 Å². The van der Waals surface area contributed by atoms with Gasteiger partial charge in [0, 0.05) is 19.2 Å². The number of hydrogen-bond acceptors (Lipinski definition) is 3. The van der Waals surface area contributed by atoms with Gasteiger partial charge in [-0.15, -0.1) is 0 Å². The highest BCUT2D eigenvalue weighted by molar-refractivity contribution is 4.82. The van der Waals surface area contributed by atoms with E-state index in [4.69, 9.17) is 10.00 Å². The highest BCUT2D eigenvalue weighted by atomic mass is 16.5. The van der Waals surface area contributed by atoms with Crippen molar-refractivity contribution in [3.63, 3.8) is 0 Å². The molecule has 0 heterocycles. The molecule has 0 spiro atoms. The van der Waals surface area contributed by atoms with Crippen molar-refractivity contribution in [3.8, 4) is 6.07 Å². The zero-order chi connectivity index (χ0) is 11.0. The molecule has 1 N–H and O–H groups in total. The van der Waals surface area contributed by atoms with Gasteiger partial charge < -0.3 is 10.1 Å². The molecule has 1 unspecified atom stereocenters. The van der Waals surface area contributed by atoms with Crippen LogP contribution in [0.25, 0.3) is 0 Å². The summed E-state index contributed by atoms with van der Waals surface area (Å²) in [5.41, 5.74) is -0.141. The van der Waals surface area contributed by atoms with E-state index >= 15 is 0 Å². The molecule has 0 bridgehead atoms. The van der Waals surface area contributed by atoms with Crippen LogP contribution in [0, 0.1) is 11.3 Å². The largest absolute Gasteiger partial charge is 0.375 e. The molecular formula is C11H22N2O. The Balaban J connectivity index is 3.84. The first-order valence-electron chi connectivity index (χ1n) is 5.30. The summed E-state index contributed by atoms with van der Waals surface area (Å²) in [5, 5.41) is 11.9. The standard InChI is InChI=1S/C11H22N2O/c1-5-10(7-8-12)13-9-11(3,4)14-6-2/h10,13H,5-7,9H2,1-4H3. The van der Waals surface area contributed by atoms with Crippen LogP contribution in [0.3, 0.4) is 0 Å². The molecule has 0 aromatic carbocycles. The Kier molecular flexibility index (Phi) is 6.52. The molecule has 0 aliphatic rings. The van der Waals surface area contributed by atoms with Gasteiger partial charge in [0.15, 0.2) is 0 Å². The van der Waals surface area contributed by atoms with Crippen molar-refractivity contribution >= 4 is 0 Å². The highest BCUT2D eigenvalue weighted by Gasteiger charge is 2.18. The lowest BCUT2D eigenvalue weighted by atomic mass is 10.1. The van der Waals surface area contributed by atoms with Crippen LogP contribution in [0.15, 0.2) is 0 Å². The van der Waals surface area contributed by atoms with Crippen molar-refractivity contribution in [1.82, 2.24) is 5.32 Å². The SMILES string of the molecule is CCOC(C)(C)CNC(CC)CC#N. The van der Waals surface area contributed by atoms with Crippen LogP contribution in [0.2, 0.25) is 0 Å². The summed E-state index contributed by atoms with van der Waals surface area (Å²) >= 11 is 0. The number of hydrogen-bond donors (Lipinski definition) is 1. The van der Waals surface area contributed by atoms with Gasteiger partial charge in [-0.1, -0.05) is 6.92 Å². The topological polar surface area (TPSA) is 45.0 Å². The highest BCUT2D eigenvalue weighted by Crippen LogP contribution is 2.08. The second-order valence-corrected chi connectivity index (χ2v) is 4.04. The van der Waals surface area contributed by atoms with Gasteiger partial charge in [0.1, 0.15) is 0 Å². The molecule has 82 valence electrons. The second kappa shape index (κ2) is 6.80. The van der Waals surface area contributed by atoms with E-state index in [9.17, 15) is 0 Å². The lowest BCUT2D eigenvalue weighted by Crippen LogP contribution is -2.42. The van der Waals surface area contributed by atoms with Crippen molar-refractivity contribution in [2.45, 2.75) is 52.2 Å². The number of nitrogens with one attached hydrogen (secondary N) is 1. The fourth-order valence-electron chi connectivity index (χ4n) is 1.30. The van der Waals surface area contributed by atoms with Crippen molar-refractivity contribution in [2.24, 2.45) is 0 Å². The van der Waals surface area contributed by atoms with Crippen LogP contribution in [-0.2, 0) is 4.74 Å². The quantitative estimate of drug-likeness (QED) is 0.681. The normalized spacial score (nSPS) is 13.6. The first-order chi connectivity index (χ1) is 6.55. The summed E-state index contributed by atoms with van der Waals surface area (Å²) in [6, 6.07) is 2.48. The lowest BCUT2D eigenvalue weighted by Gasteiger charge is -2.27. The Bertz CT molecular complexity index is 184. The van der Waals surface area contributed by atoms with E-state index in [-0.39, 0.29) is 5.60 Å². The number of ether oxygens (including phenoxy) is 1. The monoisotopic (exact) mass is 198 g/mol. The van der Waals surface area contributed by atoms with Crippen LogP contribution in [-0.4, -0.2) is 24.8 Å². The third kappa shape index (κ3) is 5.95. The summed E-state index contributed by atoms with van der Waals surface area (Å²) in [6.45, 7) is 9.72. The van der Waals surface area contributed by atoms with Crippen molar-refractivity contribution < 1.29 is 4.74 Å². The number of nitriles is 1. The summed E-state index contributed by atoms with van der Waals surface area (Å²) in [7, 11) is 0. The minimum atomic E-state index is -0.141. The van der Waals surface area contributed by atoms with Gasteiger partial charge in [-0.2, -0.15) is 5.26 Å². The Hall–Kier alpha value is -0.590. The maximum absolute atomic E-state index is 8.58. The van der Waals surface area contributed by atoms with E-state index in [2.05, 4.69) is 32.2 Å². The smallest absolute Gasteiger partial charge is 0.0750 e. The van der Waals surface area contributed by atoms with E-state index in [1.807, 2.05) is 6.92 Å². The molecule has 0 aromatic rings. The average Bonchev–Trinajstić information content (AvgIpc) is 2.12. The van der Waals surface area contributed by atoms with E-state index in [1.165, 1.54) is 0 Å². The van der Waals surface area contributed by atoms with E-state index in [0.29, 0.717) is 12.5 Å². The van der Waals surface area contributed by atoms with Gasteiger partial charge in [-0.3, -0.25) is 0 Å². The maximum atomic E-state index is 8.58. The Morgan fingerprint density at radius 3 is 2.50 bits per heavy atom. The van der Waals surface area contributed by atoms with Crippen LogP contribution in [0.4, 0.5) is 0 Å². The fraction of sp³-hybridized carbons (Fsp3) is 0.909. The van der Waals surface area contributed by atoms with E-state index < -0.39 is 0 Å². The predicted molar refractivity (Wildman–Crippen MR) is 58.0 cm³/mol. The Morgan fingerprint density at radius 2 is 2.07 bits per heavy atom. The zero-order valence-electron chi connectivity index (χ0n) is 9.76. The maximum Gasteiger partial charge on any atom is 0.0750 e. The van der Waals surface area contributed by atoms with Crippen molar-refractivity contribution in [1.29, 1.82) is 5.26 Å². The van der Waals surface area contributed by atoms with Gasteiger partial charge in [0.25, 0.3) is 0 Å². The van der Waals surface area contributed by atoms with Crippen molar-refractivity contribution in [3.05, 3.63) is 0 Å². The number of nitrogens with zero attached hydrogens (tertiary/aromatic N) is 1. The van der Waals surface area contributed by atoms with Crippen LogP contribution in [0.1, 0.15) is 40.5 Å². The molecule has 1 atom stereocenters. The van der Waals surface area contributed by atoms with Crippen molar-refractivity contribution in [2.75, 3.05) is 13.2 Å². The molecule has 3 heteroatoms. The zero-order valence-corrected chi connectivity index (χ0v) is 9.76. The van der Waals surface area contributed by atoms with E-state index in [0.717, 1.165) is 19.6 Å². The Morgan fingerprint density at radius 1 is 1.43 bits per heavy atom. The minimum absolute atomic E-state index is 0.141. The molecular weight excluding hydrogens is 176 g/mol. The molecule has 14 heavy (non-hydrogen) atoms. The lowest BCUT2D eigenvalue weighted by molar-refractivity contribution is -0.0106. The Labute approximate surface area is 87.4 Å². The fourth-order valence-corrected chi connectivity index (χ4v) is 1.30. The summed E-state index contributed by atoms with van der Waals surface area (Å²) in [4.78, 5) is 0. The van der Waals surface area contributed by atoms with Gasteiger partial charge in [0.2, 0.25) is 0 Å². The minimum Gasteiger partial charge on any atom is -0.375 e. The molecule has 0 amide bonds. The first-order valence-corrected chi connectivity index (χ1v) is 5.30. The third-order valence-corrected chi connectivity index (χ3v) is 2.18. The van der Waals surface area contributed by atoms with Gasteiger partial charge in [-0.05, 0) is 27.2 Å². The molecule has 0 aliphatic heterocycles. The van der Waals surface area contributed by atoms with Gasteiger partial charge in [0.05, 0.1) is 18.1 Å². The summed E-state index contributed by atoms with van der Waals surface area (Å²) in [6.07, 6.45) is 1.55. The number of rotatable bonds is 7. The van der Waals surface area contributed by atoms with Gasteiger partial charge >= 0.3 is 0 Å². The summed E-state index contributed by atoms with van der Waals surface area (Å²) in [5.74, 6) is 0. The molecule has 0 fully saturated rings. The molecule has 0 saturated carbocycles. The predicted octanol–water partition coefficient (Wildman–Crippen LogP) is 2.08. The summed E-state index contributed by atoms with van der Waals surface area (Å²) < 4.78 is 5.56. The van der Waals surface area contributed by atoms with Crippen LogP contribution in [0.5, 0.6) is 0 Å². The third-order valence-electron chi connectivity index (χ3n) is 2.18. The first kappa shape index (κ1) is 13.4. The van der Waals surface area contributed by atoms with Gasteiger partial charge in [-0.25, -0.2) is 0 Å². The molecule has 0 saturated heterocycles. The molecule has 3 nitrogen and oxygen atoms in total. The average molecular weight is 198 g/mol. The second-order valence-electron chi connectivity index (χ2n) is 4.04. The molecule has 0 radical (unpaired) electrons. The van der Waals surface area contributed by atoms with E-state index in [1.54, 1.807) is 0 Å². The molecule has 0 rings (SSSR count). The molecule has 0 aliphatic carbocycles. The van der Waals surface area contributed by atoms with Crippen LogP contribution >= 0.6 is 0 Å².